The van der Waals surface area contributed by atoms with E-state index in [4.69, 9.17) is 11.1 Å². The number of aromatic nitrogens is 2. The van der Waals surface area contributed by atoms with Crippen LogP contribution in [0.1, 0.15) is 50.8 Å². The van der Waals surface area contributed by atoms with Crippen molar-refractivity contribution in [2.75, 3.05) is 11.4 Å². The van der Waals surface area contributed by atoms with Crippen LogP contribution >= 0.6 is 0 Å². The number of fused-ring (bicyclic) bond motifs is 1. The molecular formula is C15H25N5. The fourth-order valence-electron chi connectivity index (χ4n) is 2.78. The largest absolute Gasteiger partial charge is 0.388 e. The molecule has 0 fully saturated rings. The van der Waals surface area contributed by atoms with E-state index in [1.165, 1.54) is 30.5 Å². The molecule has 0 saturated heterocycles. The van der Waals surface area contributed by atoms with E-state index < -0.39 is 0 Å². The van der Waals surface area contributed by atoms with Gasteiger partial charge in [0.25, 0.3) is 0 Å². The lowest BCUT2D eigenvalue weighted by molar-refractivity contribution is 0.668. The molecule has 0 atom stereocenters. The zero-order chi connectivity index (χ0) is 14.5. The maximum absolute atomic E-state index is 7.43. The van der Waals surface area contributed by atoms with Gasteiger partial charge in [-0.15, -0.1) is 0 Å². The molecule has 5 nitrogen and oxygen atoms in total. The van der Waals surface area contributed by atoms with Crippen LogP contribution in [0.4, 0.5) is 5.82 Å². The summed E-state index contributed by atoms with van der Waals surface area (Å²) in [6.07, 6.45) is 8.09. The first-order chi connectivity index (χ1) is 9.59. The molecule has 2 rings (SSSR count). The Morgan fingerprint density at radius 3 is 2.75 bits per heavy atom. The van der Waals surface area contributed by atoms with Gasteiger partial charge >= 0.3 is 0 Å². The van der Waals surface area contributed by atoms with Gasteiger partial charge in [0, 0.05) is 30.3 Å². The van der Waals surface area contributed by atoms with E-state index in [2.05, 4.69) is 28.7 Å². The van der Waals surface area contributed by atoms with Gasteiger partial charge in [0.05, 0.1) is 5.84 Å². The summed E-state index contributed by atoms with van der Waals surface area (Å²) < 4.78 is 0. The number of aryl methyl sites for hydroxylation is 1. The summed E-state index contributed by atoms with van der Waals surface area (Å²) in [5.41, 5.74) is 8.02. The molecule has 0 bridgehead atoms. The monoisotopic (exact) mass is 275 g/mol. The standard InChI is InChI=1S/C15H25N5/c1-11(2)20(9-8-14(16)17)15-12-6-4-3-5-7-13(12)18-10-19-15/h10-11H,3-9H2,1-2H3,(H3,16,17). The minimum absolute atomic E-state index is 0.232. The minimum Gasteiger partial charge on any atom is -0.388 e. The van der Waals surface area contributed by atoms with Crippen LogP contribution in [0.25, 0.3) is 0 Å². The summed E-state index contributed by atoms with van der Waals surface area (Å²) >= 11 is 0. The van der Waals surface area contributed by atoms with Gasteiger partial charge in [-0.3, -0.25) is 5.41 Å². The number of hydrogen-bond donors (Lipinski definition) is 2. The van der Waals surface area contributed by atoms with E-state index in [1.54, 1.807) is 6.33 Å². The molecular weight excluding hydrogens is 250 g/mol. The maximum atomic E-state index is 7.43. The van der Waals surface area contributed by atoms with Gasteiger partial charge in [-0.25, -0.2) is 9.97 Å². The van der Waals surface area contributed by atoms with Crippen LogP contribution in [0.3, 0.4) is 0 Å². The third-order valence-corrected chi connectivity index (χ3v) is 3.87. The topological polar surface area (TPSA) is 78.9 Å². The minimum atomic E-state index is 0.232. The fraction of sp³-hybridized carbons (Fsp3) is 0.667. The molecule has 3 N–H and O–H groups in total. The summed E-state index contributed by atoms with van der Waals surface area (Å²) in [6, 6.07) is 0.344. The normalized spacial score (nSPS) is 14.8. The first kappa shape index (κ1) is 14.8. The number of nitrogens with one attached hydrogen (secondary N) is 1. The molecule has 5 heteroatoms. The van der Waals surface area contributed by atoms with Gasteiger partial charge in [0.1, 0.15) is 12.1 Å². The fourth-order valence-corrected chi connectivity index (χ4v) is 2.78. The zero-order valence-corrected chi connectivity index (χ0v) is 12.5. The third kappa shape index (κ3) is 3.46. The van der Waals surface area contributed by atoms with E-state index >= 15 is 0 Å². The van der Waals surface area contributed by atoms with Crippen molar-refractivity contribution in [3.63, 3.8) is 0 Å². The lowest BCUT2D eigenvalue weighted by Crippen LogP contribution is -2.35. The number of amidine groups is 1. The van der Waals surface area contributed by atoms with Crippen LogP contribution in [0.2, 0.25) is 0 Å². The number of anilines is 1. The predicted molar refractivity (Wildman–Crippen MR) is 82.3 cm³/mol. The quantitative estimate of drug-likeness (QED) is 0.491. The van der Waals surface area contributed by atoms with Crippen molar-refractivity contribution in [2.24, 2.45) is 5.73 Å². The molecule has 110 valence electrons. The molecule has 0 spiro atoms. The van der Waals surface area contributed by atoms with Crippen molar-refractivity contribution in [1.29, 1.82) is 5.41 Å². The molecule has 20 heavy (non-hydrogen) atoms. The van der Waals surface area contributed by atoms with Crippen molar-refractivity contribution < 1.29 is 0 Å². The van der Waals surface area contributed by atoms with Crippen LogP contribution in [0, 0.1) is 5.41 Å². The number of hydrogen-bond acceptors (Lipinski definition) is 4. The van der Waals surface area contributed by atoms with Crippen molar-refractivity contribution >= 4 is 11.7 Å². The molecule has 1 aromatic heterocycles. The van der Waals surface area contributed by atoms with Crippen molar-refractivity contribution in [1.82, 2.24) is 9.97 Å². The Kier molecular flexibility index (Phi) is 4.93. The Bertz CT molecular complexity index is 469. The van der Waals surface area contributed by atoms with Gasteiger partial charge in [0.15, 0.2) is 0 Å². The number of nitrogens with zero attached hydrogens (tertiary/aromatic N) is 3. The zero-order valence-electron chi connectivity index (χ0n) is 12.5. The van der Waals surface area contributed by atoms with E-state index in [-0.39, 0.29) is 5.84 Å². The number of nitrogens with two attached hydrogens (primary N) is 1. The first-order valence-electron chi connectivity index (χ1n) is 7.52. The van der Waals surface area contributed by atoms with Crippen LogP contribution < -0.4 is 10.6 Å². The van der Waals surface area contributed by atoms with E-state index in [9.17, 15) is 0 Å². The molecule has 0 aromatic carbocycles. The summed E-state index contributed by atoms with van der Waals surface area (Å²) in [6.45, 7) is 5.06. The second-order valence-electron chi connectivity index (χ2n) is 5.75. The van der Waals surface area contributed by atoms with Crippen LogP contribution in [0.15, 0.2) is 6.33 Å². The van der Waals surface area contributed by atoms with E-state index in [1.807, 2.05) is 0 Å². The molecule has 1 aromatic rings. The van der Waals surface area contributed by atoms with E-state index in [0.717, 1.165) is 25.2 Å². The lowest BCUT2D eigenvalue weighted by atomic mass is 10.1. The molecule has 1 aliphatic rings. The highest BCUT2D eigenvalue weighted by atomic mass is 15.2. The predicted octanol–water partition coefficient (Wildman–Crippen LogP) is 2.29. The summed E-state index contributed by atoms with van der Waals surface area (Å²) in [5, 5.41) is 7.43. The van der Waals surface area contributed by atoms with Crippen LogP contribution in [-0.4, -0.2) is 28.4 Å². The highest BCUT2D eigenvalue weighted by Gasteiger charge is 2.20. The number of rotatable bonds is 5. The molecule has 0 amide bonds. The average Bonchev–Trinajstić information content (AvgIpc) is 2.63. The van der Waals surface area contributed by atoms with Gasteiger partial charge in [0.2, 0.25) is 0 Å². The molecule has 1 aliphatic carbocycles. The van der Waals surface area contributed by atoms with Crippen LogP contribution in [-0.2, 0) is 12.8 Å². The van der Waals surface area contributed by atoms with Gasteiger partial charge in [-0.05, 0) is 39.5 Å². The van der Waals surface area contributed by atoms with Gasteiger partial charge in [-0.2, -0.15) is 0 Å². The second-order valence-corrected chi connectivity index (χ2v) is 5.75. The summed E-state index contributed by atoms with van der Waals surface area (Å²) in [5.74, 6) is 1.28. The average molecular weight is 275 g/mol. The summed E-state index contributed by atoms with van der Waals surface area (Å²) in [4.78, 5) is 11.3. The SMILES string of the molecule is CC(C)N(CCC(=N)N)c1ncnc2c1CCCCC2. The molecule has 0 radical (unpaired) electrons. The Morgan fingerprint density at radius 1 is 1.30 bits per heavy atom. The Balaban J connectivity index is 2.30. The highest BCUT2D eigenvalue weighted by Crippen LogP contribution is 2.27. The first-order valence-corrected chi connectivity index (χ1v) is 7.52. The highest BCUT2D eigenvalue weighted by molar-refractivity contribution is 5.77. The molecule has 0 unspecified atom stereocenters. The third-order valence-electron chi connectivity index (χ3n) is 3.87. The van der Waals surface area contributed by atoms with Crippen molar-refractivity contribution in [3.8, 4) is 0 Å². The second kappa shape index (κ2) is 6.68. The Hall–Kier alpha value is -1.65. The molecule has 0 saturated carbocycles. The Labute approximate surface area is 121 Å². The van der Waals surface area contributed by atoms with Crippen molar-refractivity contribution in [3.05, 3.63) is 17.6 Å². The van der Waals surface area contributed by atoms with E-state index in [0.29, 0.717) is 12.5 Å². The molecule has 0 aliphatic heterocycles. The van der Waals surface area contributed by atoms with Gasteiger partial charge in [-0.1, -0.05) is 6.42 Å². The maximum Gasteiger partial charge on any atom is 0.135 e. The van der Waals surface area contributed by atoms with Gasteiger partial charge < -0.3 is 10.6 Å². The Morgan fingerprint density at radius 2 is 2.05 bits per heavy atom. The van der Waals surface area contributed by atoms with Crippen LogP contribution in [0.5, 0.6) is 0 Å². The smallest absolute Gasteiger partial charge is 0.135 e. The lowest BCUT2D eigenvalue weighted by Gasteiger charge is -2.30. The summed E-state index contributed by atoms with van der Waals surface area (Å²) in [7, 11) is 0. The van der Waals surface area contributed by atoms with Crippen molar-refractivity contribution in [2.45, 2.75) is 58.4 Å². The molecule has 1 heterocycles.